The van der Waals surface area contributed by atoms with Crippen LogP contribution >= 0.6 is 50.1 Å². The molecule has 0 aliphatic rings. The van der Waals surface area contributed by atoms with Crippen LogP contribution in [0.2, 0.25) is 5.02 Å². The van der Waals surface area contributed by atoms with E-state index in [1.165, 1.54) is 24.3 Å². The van der Waals surface area contributed by atoms with E-state index in [1.807, 2.05) is 12.1 Å². The molecule has 0 aliphatic heterocycles. The molecule has 0 saturated carbocycles. The van der Waals surface area contributed by atoms with Crippen molar-refractivity contribution in [3.63, 3.8) is 0 Å². The number of nitro groups is 1. The molecule has 0 radical (unpaired) electrons. The van der Waals surface area contributed by atoms with Gasteiger partial charge in [-0.05, 0) is 58.5 Å². The maximum atomic E-state index is 11.9. The smallest absolute Gasteiger partial charge is 0.288 e. The van der Waals surface area contributed by atoms with Crippen molar-refractivity contribution in [2.24, 2.45) is 0 Å². The molecule has 0 fully saturated rings. The third kappa shape index (κ3) is 5.02. The van der Waals surface area contributed by atoms with Gasteiger partial charge in [0.25, 0.3) is 5.69 Å². The van der Waals surface area contributed by atoms with Crippen LogP contribution in [0.25, 0.3) is 6.08 Å². The lowest BCUT2D eigenvalue weighted by Crippen LogP contribution is -2.08. The van der Waals surface area contributed by atoms with Crippen molar-refractivity contribution < 1.29 is 9.72 Å². The number of hydrogen-bond donors (Lipinski definition) is 1. The van der Waals surface area contributed by atoms with Crippen LogP contribution in [0, 0.1) is 13.7 Å². The molecular formula is C15H9BrClIN2O3. The second kappa shape index (κ2) is 7.89. The molecule has 8 heteroatoms. The molecule has 1 N–H and O–H groups in total. The average Bonchev–Trinajstić information content (AvgIpc) is 2.49. The Morgan fingerprint density at radius 3 is 2.70 bits per heavy atom. The fourth-order valence-electron chi connectivity index (χ4n) is 1.71. The monoisotopic (exact) mass is 506 g/mol. The van der Waals surface area contributed by atoms with E-state index >= 15 is 0 Å². The van der Waals surface area contributed by atoms with Gasteiger partial charge in [0.15, 0.2) is 0 Å². The Hall–Kier alpha value is -1.45. The highest BCUT2D eigenvalue weighted by Crippen LogP contribution is 2.26. The van der Waals surface area contributed by atoms with E-state index in [0.717, 1.165) is 8.04 Å². The van der Waals surface area contributed by atoms with E-state index < -0.39 is 4.92 Å². The number of nitrogens with zero attached hydrogens (tertiary/aromatic N) is 1. The Balaban J connectivity index is 2.12. The lowest BCUT2D eigenvalue weighted by molar-refractivity contribution is -0.384. The second-order valence-corrected chi connectivity index (χ2v) is 6.90. The molecule has 2 aromatic carbocycles. The predicted octanol–water partition coefficient (Wildman–Crippen LogP) is 5.27. The number of anilines is 1. The van der Waals surface area contributed by atoms with Crippen LogP contribution in [-0.2, 0) is 4.79 Å². The highest BCUT2D eigenvalue weighted by Gasteiger charge is 2.11. The van der Waals surface area contributed by atoms with E-state index in [0.29, 0.717) is 11.3 Å². The van der Waals surface area contributed by atoms with Gasteiger partial charge < -0.3 is 5.32 Å². The van der Waals surface area contributed by atoms with E-state index in [4.69, 9.17) is 11.6 Å². The van der Waals surface area contributed by atoms with Gasteiger partial charge >= 0.3 is 0 Å². The first-order valence-electron chi connectivity index (χ1n) is 6.25. The summed E-state index contributed by atoms with van der Waals surface area (Å²) in [6, 6.07) is 9.82. The summed E-state index contributed by atoms with van der Waals surface area (Å²) in [5.74, 6) is -0.331. The summed E-state index contributed by atoms with van der Waals surface area (Å²) >= 11 is 11.2. The van der Waals surface area contributed by atoms with E-state index in [2.05, 4.69) is 43.8 Å². The number of nitro benzene ring substituents is 1. The molecule has 0 spiro atoms. The molecule has 118 valence electrons. The molecule has 0 saturated heterocycles. The van der Waals surface area contributed by atoms with Crippen molar-refractivity contribution in [1.29, 1.82) is 0 Å². The second-order valence-electron chi connectivity index (χ2n) is 4.41. The number of halogens is 3. The zero-order valence-corrected chi connectivity index (χ0v) is 15.9. The third-order valence-corrected chi connectivity index (χ3v) is 4.49. The van der Waals surface area contributed by atoms with Crippen LogP contribution < -0.4 is 5.32 Å². The van der Waals surface area contributed by atoms with Crippen molar-refractivity contribution in [2.75, 3.05) is 5.32 Å². The molecule has 0 aromatic heterocycles. The number of nitrogens with one attached hydrogen (secondary N) is 1. The minimum Gasteiger partial charge on any atom is -0.322 e. The van der Waals surface area contributed by atoms with E-state index in [-0.39, 0.29) is 16.6 Å². The fourth-order valence-corrected chi connectivity index (χ4v) is 3.34. The summed E-state index contributed by atoms with van der Waals surface area (Å²) in [6.45, 7) is 0. The van der Waals surface area contributed by atoms with Crippen LogP contribution in [0.5, 0.6) is 0 Å². The third-order valence-electron chi connectivity index (χ3n) is 2.78. The first-order valence-corrected chi connectivity index (χ1v) is 8.50. The molecule has 2 rings (SSSR count). The zero-order chi connectivity index (χ0) is 17.0. The SMILES string of the molecule is O=C(C=Cc1ccc(Cl)c([N+](=O)[O-])c1)Nc1ccc(Br)cc1I. The molecule has 0 aliphatic carbocycles. The number of hydrogen-bond acceptors (Lipinski definition) is 3. The van der Waals surface area contributed by atoms with Crippen LogP contribution in [0.4, 0.5) is 11.4 Å². The van der Waals surface area contributed by atoms with Gasteiger partial charge in [-0.2, -0.15) is 0 Å². The lowest BCUT2D eigenvalue weighted by Gasteiger charge is -2.05. The van der Waals surface area contributed by atoms with Crippen LogP contribution in [0.1, 0.15) is 5.56 Å². The Bertz CT molecular complexity index is 811. The van der Waals surface area contributed by atoms with Crippen molar-refractivity contribution >= 4 is 73.5 Å². The first-order chi connectivity index (χ1) is 10.9. The number of amides is 1. The number of carbonyl (C=O) groups is 1. The summed E-state index contributed by atoms with van der Waals surface area (Å²) in [7, 11) is 0. The molecule has 0 heterocycles. The largest absolute Gasteiger partial charge is 0.322 e. The molecule has 5 nitrogen and oxygen atoms in total. The highest BCUT2D eigenvalue weighted by molar-refractivity contribution is 14.1. The van der Waals surface area contributed by atoms with Crippen molar-refractivity contribution in [2.45, 2.75) is 0 Å². The Morgan fingerprint density at radius 1 is 1.30 bits per heavy atom. The first kappa shape index (κ1) is 17.9. The van der Waals surface area contributed by atoms with Gasteiger partial charge in [-0.1, -0.05) is 33.6 Å². The van der Waals surface area contributed by atoms with Gasteiger partial charge in [0.05, 0.1) is 10.6 Å². The van der Waals surface area contributed by atoms with Crippen LogP contribution in [0.15, 0.2) is 46.9 Å². The molecule has 0 bridgehead atoms. The number of benzene rings is 2. The van der Waals surface area contributed by atoms with Crippen LogP contribution in [0.3, 0.4) is 0 Å². The van der Waals surface area contributed by atoms with Gasteiger partial charge in [0.1, 0.15) is 5.02 Å². The summed E-state index contributed by atoms with van der Waals surface area (Å²) in [5.41, 5.74) is 1.00. The number of carbonyl (C=O) groups excluding carboxylic acids is 1. The summed E-state index contributed by atoms with van der Waals surface area (Å²) in [6.07, 6.45) is 2.80. The Morgan fingerprint density at radius 2 is 2.04 bits per heavy atom. The molecule has 0 unspecified atom stereocenters. The molecule has 1 amide bonds. The Kier molecular flexibility index (Phi) is 6.14. The van der Waals surface area contributed by atoms with Gasteiger partial charge in [-0.15, -0.1) is 0 Å². The predicted molar refractivity (Wildman–Crippen MR) is 103 cm³/mol. The fraction of sp³-hybridized carbons (Fsp3) is 0. The molecular weight excluding hydrogens is 498 g/mol. The summed E-state index contributed by atoms with van der Waals surface area (Å²) in [4.78, 5) is 22.2. The van der Waals surface area contributed by atoms with Gasteiger partial charge in [0.2, 0.25) is 5.91 Å². The van der Waals surface area contributed by atoms with E-state index in [1.54, 1.807) is 12.1 Å². The summed E-state index contributed by atoms with van der Waals surface area (Å²) < 4.78 is 1.81. The Labute approximate surface area is 159 Å². The minimum absolute atomic E-state index is 0.0565. The number of rotatable bonds is 4. The van der Waals surface area contributed by atoms with Crippen molar-refractivity contribution in [1.82, 2.24) is 0 Å². The maximum Gasteiger partial charge on any atom is 0.288 e. The standard InChI is InChI=1S/C15H9BrClIN2O3/c16-10-3-5-13(12(18)8-10)19-15(21)6-2-9-1-4-11(17)14(7-9)20(22)23/h1-8H,(H,19,21). The summed E-state index contributed by atoms with van der Waals surface area (Å²) in [5, 5.41) is 13.6. The quantitative estimate of drug-likeness (QED) is 0.265. The van der Waals surface area contributed by atoms with E-state index in [9.17, 15) is 14.9 Å². The van der Waals surface area contributed by atoms with Crippen LogP contribution in [-0.4, -0.2) is 10.8 Å². The highest BCUT2D eigenvalue weighted by atomic mass is 127. The molecule has 23 heavy (non-hydrogen) atoms. The normalized spacial score (nSPS) is 10.7. The minimum atomic E-state index is -0.566. The molecule has 0 atom stereocenters. The van der Waals surface area contributed by atoms with Crippen molar-refractivity contribution in [3.05, 3.63) is 71.2 Å². The van der Waals surface area contributed by atoms with Gasteiger partial charge in [-0.3, -0.25) is 14.9 Å². The topological polar surface area (TPSA) is 72.2 Å². The molecule has 2 aromatic rings. The maximum absolute atomic E-state index is 11.9. The van der Waals surface area contributed by atoms with Crippen molar-refractivity contribution in [3.8, 4) is 0 Å². The average molecular weight is 508 g/mol. The lowest BCUT2D eigenvalue weighted by atomic mass is 10.2. The van der Waals surface area contributed by atoms with Gasteiger partial charge in [0, 0.05) is 20.2 Å². The zero-order valence-electron chi connectivity index (χ0n) is 11.4. The van der Waals surface area contributed by atoms with Gasteiger partial charge in [-0.25, -0.2) is 0 Å².